The Kier molecular flexibility index (Phi) is 2.88. The molecule has 0 aromatic carbocycles. The molecule has 3 N–H and O–H groups in total. The van der Waals surface area contributed by atoms with E-state index in [2.05, 4.69) is 0 Å². The zero-order valence-corrected chi connectivity index (χ0v) is 5.21. The van der Waals surface area contributed by atoms with Gasteiger partial charge in [-0.25, -0.2) is 0 Å². The fourth-order valence-electron chi connectivity index (χ4n) is 0.176. The Morgan fingerprint density at radius 1 is 1.67 bits per heavy atom. The molecule has 0 saturated carbocycles. The van der Waals surface area contributed by atoms with Crippen LogP contribution in [0.25, 0.3) is 0 Å². The quantitative estimate of drug-likeness (QED) is 0.263. The molecule has 0 saturated heterocycles. The summed E-state index contributed by atoms with van der Waals surface area (Å²) in [5, 5.41) is 33.4. The maximum absolute atomic E-state index is 8.54. The van der Waals surface area contributed by atoms with Gasteiger partial charge in [-0.2, -0.15) is 5.26 Å². The van der Waals surface area contributed by atoms with Crippen molar-refractivity contribution in [3.63, 3.8) is 0 Å². The van der Waals surface area contributed by atoms with Crippen LogP contribution in [0.15, 0.2) is 0 Å². The largest absolute Gasteiger partial charge is 0.373 e. The van der Waals surface area contributed by atoms with Crippen molar-refractivity contribution in [3.8, 4) is 6.07 Å². The van der Waals surface area contributed by atoms with E-state index in [-0.39, 0.29) is 0 Å². The minimum absolute atomic E-state index is 0.596. The lowest BCUT2D eigenvalue weighted by atomic mass is 10.2. The number of nitrogens with zero attached hydrogens (tertiary/aromatic N) is 1. The summed E-state index contributed by atoms with van der Waals surface area (Å²) in [5.41, 5.74) is 0. The van der Waals surface area contributed by atoms with Crippen LogP contribution in [0.2, 0.25) is 0 Å². The smallest absolute Gasteiger partial charge is 0.217 e. The summed E-state index contributed by atoms with van der Waals surface area (Å²) < 4.78 is 0. The van der Waals surface area contributed by atoms with Gasteiger partial charge in [0.2, 0.25) is 5.79 Å². The molecule has 0 aliphatic rings. The topological polar surface area (TPSA) is 84.5 Å². The van der Waals surface area contributed by atoms with E-state index in [0.717, 1.165) is 0 Å². The van der Waals surface area contributed by atoms with Crippen molar-refractivity contribution < 1.29 is 15.3 Å². The molecule has 0 aromatic rings. The molecule has 0 rings (SSSR count). The third-order valence-corrected chi connectivity index (χ3v) is 1.15. The SMILES string of the molecule is N#C[C@H](O)C(O)(O)CCl. The van der Waals surface area contributed by atoms with Crippen LogP contribution in [0.4, 0.5) is 0 Å². The fourth-order valence-corrected chi connectivity index (χ4v) is 0.323. The molecule has 0 aromatic heterocycles. The van der Waals surface area contributed by atoms with Crippen LogP contribution < -0.4 is 0 Å². The Balaban J connectivity index is 4.01. The average Bonchev–Trinajstić information content (AvgIpc) is 1.86. The second kappa shape index (κ2) is 2.99. The molecule has 9 heavy (non-hydrogen) atoms. The van der Waals surface area contributed by atoms with Gasteiger partial charge in [0.25, 0.3) is 0 Å². The molecular formula is C4H6ClNO3. The van der Waals surface area contributed by atoms with Gasteiger partial charge in [0.05, 0.1) is 11.9 Å². The molecule has 0 amide bonds. The lowest BCUT2D eigenvalue weighted by molar-refractivity contribution is -0.191. The molecule has 0 aliphatic carbocycles. The molecule has 0 fully saturated rings. The van der Waals surface area contributed by atoms with Crippen LogP contribution in [0.1, 0.15) is 0 Å². The molecule has 0 spiro atoms. The molecule has 1 atom stereocenters. The molecule has 0 heterocycles. The first kappa shape index (κ1) is 8.66. The van der Waals surface area contributed by atoms with Crippen LogP contribution in [0.3, 0.4) is 0 Å². The first-order chi connectivity index (χ1) is 4.04. The number of rotatable bonds is 2. The summed E-state index contributed by atoms with van der Waals surface area (Å²) in [6.07, 6.45) is -1.85. The third-order valence-electron chi connectivity index (χ3n) is 0.757. The third kappa shape index (κ3) is 2.16. The molecule has 0 bridgehead atoms. The van der Waals surface area contributed by atoms with Crippen LogP contribution in [-0.4, -0.2) is 33.1 Å². The molecular weight excluding hydrogens is 146 g/mol. The highest BCUT2D eigenvalue weighted by Crippen LogP contribution is 2.06. The lowest BCUT2D eigenvalue weighted by Gasteiger charge is -2.18. The molecule has 4 nitrogen and oxygen atoms in total. The standard InChI is InChI=1S/C4H6ClNO3/c5-2-4(8,9)3(7)1-6/h3,7-9H,2H2/t3-/m0/s1. The molecule has 0 radical (unpaired) electrons. The van der Waals surface area contributed by atoms with Crippen molar-refractivity contribution in [2.75, 3.05) is 5.88 Å². The number of hydrogen-bond acceptors (Lipinski definition) is 4. The van der Waals surface area contributed by atoms with Gasteiger partial charge in [-0.15, -0.1) is 11.6 Å². The van der Waals surface area contributed by atoms with Crippen molar-refractivity contribution in [3.05, 3.63) is 0 Å². The number of aliphatic hydroxyl groups is 3. The van der Waals surface area contributed by atoms with E-state index in [1.54, 1.807) is 0 Å². The Morgan fingerprint density at radius 3 is 2.22 bits per heavy atom. The maximum Gasteiger partial charge on any atom is 0.217 e. The molecule has 52 valence electrons. The van der Waals surface area contributed by atoms with Gasteiger partial charge >= 0.3 is 0 Å². The van der Waals surface area contributed by atoms with Crippen molar-refractivity contribution in [1.82, 2.24) is 0 Å². The van der Waals surface area contributed by atoms with Crippen LogP contribution in [-0.2, 0) is 0 Å². The number of nitriles is 1. The molecule has 0 unspecified atom stereocenters. The summed E-state index contributed by atoms with van der Waals surface area (Å²) >= 11 is 4.96. The Bertz CT molecular complexity index is 130. The fraction of sp³-hybridized carbons (Fsp3) is 0.750. The average molecular weight is 152 g/mol. The van der Waals surface area contributed by atoms with Gasteiger partial charge < -0.3 is 15.3 Å². The summed E-state index contributed by atoms with van der Waals surface area (Å²) in [4.78, 5) is 0. The van der Waals surface area contributed by atoms with Crippen molar-refractivity contribution >= 4 is 11.6 Å². The van der Waals surface area contributed by atoms with Gasteiger partial charge in [0.15, 0.2) is 6.10 Å². The lowest BCUT2D eigenvalue weighted by Crippen LogP contribution is -2.42. The molecule has 0 aliphatic heterocycles. The predicted molar refractivity (Wildman–Crippen MR) is 29.5 cm³/mol. The summed E-state index contributed by atoms with van der Waals surface area (Å²) in [6, 6.07) is 1.23. The van der Waals surface area contributed by atoms with Crippen LogP contribution >= 0.6 is 11.6 Å². The second-order valence-electron chi connectivity index (χ2n) is 1.54. The highest BCUT2D eigenvalue weighted by molar-refractivity contribution is 6.18. The van der Waals surface area contributed by atoms with E-state index in [0.29, 0.717) is 0 Å². The first-order valence-electron chi connectivity index (χ1n) is 2.13. The van der Waals surface area contributed by atoms with Gasteiger partial charge in [-0.3, -0.25) is 0 Å². The molecule has 5 heteroatoms. The van der Waals surface area contributed by atoms with Crippen molar-refractivity contribution in [2.24, 2.45) is 0 Å². The van der Waals surface area contributed by atoms with Crippen molar-refractivity contribution in [1.29, 1.82) is 5.26 Å². The minimum atomic E-state index is -2.49. The highest BCUT2D eigenvalue weighted by atomic mass is 35.5. The van der Waals surface area contributed by atoms with Crippen LogP contribution in [0, 0.1) is 11.3 Å². The minimum Gasteiger partial charge on any atom is -0.373 e. The predicted octanol–water partition coefficient (Wildman–Crippen LogP) is -1.21. The number of halogens is 1. The highest BCUT2D eigenvalue weighted by Gasteiger charge is 2.31. The maximum atomic E-state index is 8.54. The van der Waals surface area contributed by atoms with Crippen LogP contribution in [0.5, 0.6) is 0 Å². The van der Waals surface area contributed by atoms with Crippen molar-refractivity contribution in [2.45, 2.75) is 11.9 Å². The normalized spacial score (nSPS) is 14.6. The van der Waals surface area contributed by atoms with Gasteiger partial charge in [-0.1, -0.05) is 0 Å². The monoisotopic (exact) mass is 151 g/mol. The summed E-state index contributed by atoms with van der Waals surface area (Å²) in [6.45, 7) is 0. The summed E-state index contributed by atoms with van der Waals surface area (Å²) in [5.74, 6) is -3.09. The Morgan fingerprint density at radius 2 is 2.11 bits per heavy atom. The number of alkyl halides is 1. The van der Waals surface area contributed by atoms with Gasteiger partial charge in [0.1, 0.15) is 0 Å². The number of hydrogen-bond donors (Lipinski definition) is 3. The van der Waals surface area contributed by atoms with E-state index < -0.39 is 17.8 Å². The summed E-state index contributed by atoms with van der Waals surface area (Å²) in [7, 11) is 0. The van der Waals surface area contributed by atoms with E-state index in [4.69, 9.17) is 32.2 Å². The Hall–Kier alpha value is -0.340. The zero-order chi connectivity index (χ0) is 7.49. The zero-order valence-electron chi connectivity index (χ0n) is 4.45. The van der Waals surface area contributed by atoms with E-state index in [9.17, 15) is 0 Å². The van der Waals surface area contributed by atoms with E-state index in [1.807, 2.05) is 0 Å². The van der Waals surface area contributed by atoms with Gasteiger partial charge in [0, 0.05) is 0 Å². The Labute approximate surface area is 56.9 Å². The van der Waals surface area contributed by atoms with E-state index >= 15 is 0 Å². The van der Waals surface area contributed by atoms with Gasteiger partial charge in [-0.05, 0) is 0 Å². The number of aliphatic hydroxyl groups excluding tert-OH is 1. The first-order valence-corrected chi connectivity index (χ1v) is 2.66. The second-order valence-corrected chi connectivity index (χ2v) is 1.81. The van der Waals surface area contributed by atoms with E-state index in [1.165, 1.54) is 6.07 Å².